The highest BCUT2D eigenvalue weighted by Gasteiger charge is 2.29. The number of hydrogen-bond acceptors (Lipinski definition) is 3. The van der Waals surface area contributed by atoms with Crippen molar-refractivity contribution in [1.29, 1.82) is 0 Å². The Hall–Kier alpha value is -1.55. The molecule has 1 aliphatic heterocycles. The predicted octanol–water partition coefficient (Wildman–Crippen LogP) is 1.91. The fourth-order valence-electron chi connectivity index (χ4n) is 2.66. The van der Waals surface area contributed by atoms with Crippen LogP contribution in [-0.4, -0.2) is 41.7 Å². The van der Waals surface area contributed by atoms with Crippen LogP contribution in [0, 0.1) is 19.8 Å². The number of nitrogens with zero attached hydrogens (tertiary/aromatic N) is 1. The van der Waals surface area contributed by atoms with Gasteiger partial charge in [0.15, 0.2) is 6.61 Å². The van der Waals surface area contributed by atoms with Crippen molar-refractivity contribution in [2.24, 2.45) is 5.92 Å². The highest BCUT2D eigenvalue weighted by atomic mass is 16.5. The van der Waals surface area contributed by atoms with Crippen molar-refractivity contribution in [2.45, 2.75) is 33.3 Å². The Morgan fingerprint density at radius 3 is 2.60 bits per heavy atom. The summed E-state index contributed by atoms with van der Waals surface area (Å²) >= 11 is 0. The van der Waals surface area contributed by atoms with Gasteiger partial charge in [-0.25, -0.2) is 0 Å². The molecule has 110 valence electrons. The van der Waals surface area contributed by atoms with E-state index in [1.807, 2.05) is 26.0 Å². The van der Waals surface area contributed by atoms with Gasteiger partial charge < -0.3 is 14.7 Å². The Morgan fingerprint density at radius 1 is 1.40 bits per heavy atom. The molecule has 1 amide bonds. The summed E-state index contributed by atoms with van der Waals surface area (Å²) in [5.74, 6) is 0.926. The second-order valence-electron chi connectivity index (χ2n) is 5.74. The van der Waals surface area contributed by atoms with E-state index in [4.69, 9.17) is 4.74 Å². The van der Waals surface area contributed by atoms with E-state index in [1.54, 1.807) is 11.8 Å². The molecule has 1 saturated heterocycles. The first-order valence-electron chi connectivity index (χ1n) is 7.12. The van der Waals surface area contributed by atoms with Gasteiger partial charge in [0, 0.05) is 19.0 Å². The maximum atomic E-state index is 12.1. The molecule has 2 unspecified atom stereocenters. The molecule has 0 aliphatic carbocycles. The van der Waals surface area contributed by atoms with E-state index in [0.29, 0.717) is 13.1 Å². The molecular weight excluding hydrogens is 254 g/mol. The fraction of sp³-hybridized carbons (Fsp3) is 0.562. The molecule has 1 aliphatic rings. The Bertz CT molecular complexity index is 464. The van der Waals surface area contributed by atoms with Crippen LogP contribution < -0.4 is 4.74 Å². The first-order chi connectivity index (χ1) is 9.45. The van der Waals surface area contributed by atoms with Gasteiger partial charge in [-0.2, -0.15) is 0 Å². The van der Waals surface area contributed by atoms with Crippen LogP contribution in [-0.2, 0) is 4.79 Å². The van der Waals surface area contributed by atoms with Gasteiger partial charge in [0.1, 0.15) is 5.75 Å². The van der Waals surface area contributed by atoms with E-state index in [0.717, 1.165) is 23.3 Å². The van der Waals surface area contributed by atoms with Gasteiger partial charge >= 0.3 is 0 Å². The molecule has 0 bridgehead atoms. The molecule has 2 rings (SSSR count). The van der Waals surface area contributed by atoms with Crippen LogP contribution in [0.3, 0.4) is 0 Å². The number of benzene rings is 1. The van der Waals surface area contributed by atoms with E-state index >= 15 is 0 Å². The number of ether oxygens (including phenoxy) is 1. The lowest BCUT2D eigenvalue weighted by atomic mass is 10.0. The number of amides is 1. The van der Waals surface area contributed by atoms with Crippen LogP contribution in [0.1, 0.15) is 24.5 Å². The Labute approximate surface area is 120 Å². The van der Waals surface area contributed by atoms with Gasteiger partial charge in [-0.1, -0.05) is 6.07 Å². The minimum absolute atomic E-state index is 0.00712. The van der Waals surface area contributed by atoms with Crippen LogP contribution in [0.15, 0.2) is 18.2 Å². The van der Waals surface area contributed by atoms with Crippen LogP contribution in [0.25, 0.3) is 0 Å². The summed E-state index contributed by atoms with van der Waals surface area (Å²) in [6.07, 6.45) is 0.514. The molecule has 1 aromatic rings. The van der Waals surface area contributed by atoms with Gasteiger partial charge in [-0.3, -0.25) is 4.79 Å². The summed E-state index contributed by atoms with van der Waals surface area (Å²) in [6, 6.07) is 5.94. The molecule has 20 heavy (non-hydrogen) atoms. The lowest BCUT2D eigenvalue weighted by Crippen LogP contribution is -2.34. The summed E-state index contributed by atoms with van der Waals surface area (Å²) in [5, 5.41) is 9.55. The molecule has 0 spiro atoms. The number of aryl methyl sites for hydroxylation is 2. The largest absolute Gasteiger partial charge is 0.484 e. The van der Waals surface area contributed by atoms with E-state index in [2.05, 4.69) is 6.07 Å². The van der Waals surface area contributed by atoms with Crippen molar-refractivity contribution in [3.63, 3.8) is 0 Å². The molecule has 1 fully saturated rings. The standard InChI is InChI=1S/C16H23NO3/c1-11-6-12(2)8-15(7-11)20-10-16(19)17-5-4-14(9-17)13(3)18/h6-8,13-14,18H,4-5,9-10H2,1-3H3. The lowest BCUT2D eigenvalue weighted by Gasteiger charge is -2.18. The second-order valence-corrected chi connectivity index (χ2v) is 5.74. The Balaban J connectivity index is 1.86. The zero-order valence-electron chi connectivity index (χ0n) is 12.4. The number of likely N-dealkylation sites (tertiary alicyclic amines) is 1. The molecule has 0 aromatic heterocycles. The lowest BCUT2D eigenvalue weighted by molar-refractivity contribution is -0.132. The molecule has 0 radical (unpaired) electrons. The smallest absolute Gasteiger partial charge is 0.260 e. The molecule has 4 nitrogen and oxygen atoms in total. The van der Waals surface area contributed by atoms with Gasteiger partial charge in [0.2, 0.25) is 0 Å². The topological polar surface area (TPSA) is 49.8 Å². The molecule has 1 N–H and O–H groups in total. The molecule has 2 atom stereocenters. The summed E-state index contributed by atoms with van der Waals surface area (Å²) in [4.78, 5) is 13.9. The quantitative estimate of drug-likeness (QED) is 0.914. The number of rotatable bonds is 4. The molecule has 1 aromatic carbocycles. The third-order valence-corrected chi connectivity index (χ3v) is 3.82. The number of aliphatic hydroxyl groups excluding tert-OH is 1. The maximum absolute atomic E-state index is 12.1. The third-order valence-electron chi connectivity index (χ3n) is 3.82. The minimum atomic E-state index is -0.354. The highest BCUT2D eigenvalue weighted by Crippen LogP contribution is 2.20. The first-order valence-corrected chi connectivity index (χ1v) is 7.12. The average molecular weight is 277 g/mol. The summed E-state index contributed by atoms with van der Waals surface area (Å²) in [6.45, 7) is 7.21. The van der Waals surface area contributed by atoms with Crippen molar-refractivity contribution in [1.82, 2.24) is 4.90 Å². The second kappa shape index (κ2) is 6.27. The summed E-state index contributed by atoms with van der Waals surface area (Å²) in [5.41, 5.74) is 2.26. The highest BCUT2D eigenvalue weighted by molar-refractivity contribution is 5.78. The van der Waals surface area contributed by atoms with Crippen LogP contribution in [0.2, 0.25) is 0 Å². The zero-order valence-corrected chi connectivity index (χ0v) is 12.4. The SMILES string of the molecule is Cc1cc(C)cc(OCC(=O)N2CCC(C(C)O)C2)c1. The number of carbonyl (C=O) groups is 1. The van der Waals surface area contributed by atoms with Gasteiger partial charge in [0.25, 0.3) is 5.91 Å². The summed E-state index contributed by atoms with van der Waals surface area (Å²) < 4.78 is 5.58. The number of carbonyl (C=O) groups excluding carboxylic acids is 1. The first kappa shape index (κ1) is 14.9. The van der Waals surface area contributed by atoms with Gasteiger partial charge in [-0.15, -0.1) is 0 Å². The van der Waals surface area contributed by atoms with Crippen LogP contribution >= 0.6 is 0 Å². The Kier molecular flexibility index (Phi) is 4.65. The van der Waals surface area contributed by atoms with E-state index in [9.17, 15) is 9.90 Å². The van der Waals surface area contributed by atoms with Crippen molar-refractivity contribution in [2.75, 3.05) is 19.7 Å². The molecular formula is C16H23NO3. The monoisotopic (exact) mass is 277 g/mol. The molecule has 4 heteroatoms. The van der Waals surface area contributed by atoms with E-state index in [-0.39, 0.29) is 24.5 Å². The fourth-order valence-corrected chi connectivity index (χ4v) is 2.66. The average Bonchev–Trinajstić information content (AvgIpc) is 2.84. The van der Waals surface area contributed by atoms with Crippen molar-refractivity contribution in [3.8, 4) is 5.75 Å². The van der Waals surface area contributed by atoms with Crippen LogP contribution in [0.4, 0.5) is 0 Å². The third kappa shape index (κ3) is 3.73. The number of aliphatic hydroxyl groups is 1. The van der Waals surface area contributed by atoms with E-state index < -0.39 is 0 Å². The van der Waals surface area contributed by atoms with Gasteiger partial charge in [0.05, 0.1) is 6.10 Å². The van der Waals surface area contributed by atoms with Crippen molar-refractivity contribution < 1.29 is 14.6 Å². The molecule has 1 heterocycles. The normalized spacial score (nSPS) is 20.0. The minimum Gasteiger partial charge on any atom is -0.484 e. The maximum Gasteiger partial charge on any atom is 0.260 e. The zero-order chi connectivity index (χ0) is 14.7. The predicted molar refractivity (Wildman–Crippen MR) is 77.8 cm³/mol. The van der Waals surface area contributed by atoms with Crippen molar-refractivity contribution in [3.05, 3.63) is 29.3 Å². The summed E-state index contributed by atoms with van der Waals surface area (Å²) in [7, 11) is 0. The Morgan fingerprint density at radius 2 is 2.05 bits per heavy atom. The van der Waals surface area contributed by atoms with Crippen molar-refractivity contribution >= 4 is 5.91 Å². The molecule has 0 saturated carbocycles. The van der Waals surface area contributed by atoms with Crippen LogP contribution in [0.5, 0.6) is 5.75 Å². The van der Waals surface area contributed by atoms with E-state index in [1.165, 1.54) is 0 Å². The van der Waals surface area contributed by atoms with Gasteiger partial charge in [-0.05, 0) is 50.5 Å². The number of hydrogen-bond donors (Lipinski definition) is 1.